The molecular weight excluding hydrogens is 649 g/mol. The minimum atomic E-state index is 0.899. The Morgan fingerprint density at radius 2 is 0.885 bits per heavy atom. The number of rotatable bonds is 4. The fourth-order valence-electron chi connectivity index (χ4n) is 8.47. The van der Waals surface area contributed by atoms with Crippen molar-refractivity contribution in [2.24, 2.45) is 0 Å². The van der Waals surface area contributed by atoms with E-state index in [-0.39, 0.29) is 0 Å². The first-order chi connectivity index (χ1) is 25.8. The van der Waals surface area contributed by atoms with Gasteiger partial charge in [-0.1, -0.05) is 158 Å². The van der Waals surface area contributed by atoms with Crippen LogP contribution in [0.1, 0.15) is 0 Å². The molecule has 0 amide bonds. The quantitative estimate of drug-likeness (QED) is 0.169. The summed E-state index contributed by atoms with van der Waals surface area (Å²) in [6.45, 7) is 0. The van der Waals surface area contributed by atoms with Gasteiger partial charge in [0.05, 0.1) is 0 Å². The van der Waals surface area contributed by atoms with Crippen LogP contribution in [-0.2, 0) is 0 Å². The summed E-state index contributed by atoms with van der Waals surface area (Å²) < 4.78 is 8.20. The molecule has 0 spiro atoms. The maximum atomic E-state index is 6.93. The zero-order valence-electron chi connectivity index (χ0n) is 28.1. The van der Waals surface area contributed by atoms with Gasteiger partial charge in [0.2, 0.25) is 0 Å². The summed E-state index contributed by atoms with van der Waals surface area (Å²) in [5.74, 6) is 0. The van der Waals surface area contributed by atoms with Crippen LogP contribution in [0.25, 0.3) is 108 Å². The van der Waals surface area contributed by atoms with E-state index in [4.69, 9.17) is 4.42 Å². The fraction of sp³-hybridized carbons (Fsp3) is 0. The standard InChI is InChI=1S/C50H30OS/c1-3-16-32(17-4-1)45-36-21-9-11-23-38(36)47(39-24-12-10-22-37(39)45)41-29-34(30-43-49(41)48-35-20-8-7-15-31(35)27-28-42(48)51-43)50-46(33-18-5-2-6-19-33)40-25-13-14-26-44(40)52-50/h1-30H. The number of hydrogen-bond acceptors (Lipinski definition) is 2. The van der Waals surface area contributed by atoms with Gasteiger partial charge in [-0.25, -0.2) is 0 Å². The predicted octanol–water partition coefficient (Wildman–Crippen LogP) is 14.9. The molecule has 11 rings (SSSR count). The van der Waals surface area contributed by atoms with Crippen molar-refractivity contribution in [2.75, 3.05) is 0 Å². The van der Waals surface area contributed by atoms with Gasteiger partial charge in [-0.05, 0) is 90.0 Å². The lowest BCUT2D eigenvalue weighted by Crippen LogP contribution is -1.92. The average molecular weight is 679 g/mol. The van der Waals surface area contributed by atoms with Gasteiger partial charge in [0.25, 0.3) is 0 Å². The molecule has 2 heterocycles. The highest BCUT2D eigenvalue weighted by molar-refractivity contribution is 7.23. The van der Waals surface area contributed by atoms with Gasteiger partial charge in [0.15, 0.2) is 0 Å². The van der Waals surface area contributed by atoms with Crippen LogP contribution in [0.5, 0.6) is 0 Å². The highest BCUT2D eigenvalue weighted by Gasteiger charge is 2.24. The van der Waals surface area contributed by atoms with Crippen molar-refractivity contribution in [3.8, 4) is 43.8 Å². The molecule has 2 heteroatoms. The number of thiophene rings is 1. The highest BCUT2D eigenvalue weighted by atomic mass is 32.1. The van der Waals surface area contributed by atoms with Crippen LogP contribution < -0.4 is 0 Å². The van der Waals surface area contributed by atoms with Crippen LogP contribution in [0.2, 0.25) is 0 Å². The molecule has 0 aliphatic carbocycles. The van der Waals surface area contributed by atoms with Crippen LogP contribution in [0.4, 0.5) is 0 Å². The van der Waals surface area contributed by atoms with Gasteiger partial charge in [0, 0.05) is 31.3 Å². The minimum absolute atomic E-state index is 0.899. The van der Waals surface area contributed by atoms with E-state index in [0.717, 1.165) is 27.5 Å². The third-order valence-corrected chi connectivity index (χ3v) is 11.9. The van der Waals surface area contributed by atoms with E-state index in [1.807, 2.05) is 11.3 Å². The molecule has 0 radical (unpaired) electrons. The van der Waals surface area contributed by atoms with Gasteiger partial charge < -0.3 is 4.42 Å². The molecule has 0 fully saturated rings. The molecule has 242 valence electrons. The predicted molar refractivity (Wildman–Crippen MR) is 223 cm³/mol. The van der Waals surface area contributed by atoms with E-state index >= 15 is 0 Å². The molecule has 0 saturated carbocycles. The first kappa shape index (κ1) is 29.3. The summed E-state index contributed by atoms with van der Waals surface area (Å²) in [6.07, 6.45) is 0. The number of fused-ring (bicyclic) bond motifs is 8. The Morgan fingerprint density at radius 3 is 1.56 bits per heavy atom. The van der Waals surface area contributed by atoms with Crippen LogP contribution in [0.3, 0.4) is 0 Å². The monoisotopic (exact) mass is 678 g/mol. The van der Waals surface area contributed by atoms with E-state index in [1.165, 1.54) is 80.7 Å². The molecule has 0 bridgehead atoms. The molecule has 0 saturated heterocycles. The maximum absolute atomic E-state index is 6.93. The molecule has 9 aromatic carbocycles. The van der Waals surface area contributed by atoms with Gasteiger partial charge in [-0.15, -0.1) is 11.3 Å². The first-order valence-corrected chi connectivity index (χ1v) is 18.6. The first-order valence-electron chi connectivity index (χ1n) is 17.8. The van der Waals surface area contributed by atoms with Crippen LogP contribution in [0, 0.1) is 0 Å². The molecular formula is C50H30OS. The highest BCUT2D eigenvalue weighted by Crippen LogP contribution is 2.51. The summed E-state index contributed by atoms with van der Waals surface area (Å²) >= 11 is 1.86. The van der Waals surface area contributed by atoms with E-state index in [2.05, 4.69) is 182 Å². The lowest BCUT2D eigenvalue weighted by molar-refractivity contribution is 0.669. The summed E-state index contributed by atoms with van der Waals surface area (Å²) in [5.41, 5.74) is 10.3. The Bertz CT molecular complexity index is 3110. The molecule has 0 atom stereocenters. The SMILES string of the molecule is c1ccc(-c2c(-c3cc(-c4c5ccccc5c(-c5ccccc5)c5ccccc45)c4c(c3)oc3ccc5ccccc5c34)sc3ccccc23)cc1. The Hall–Kier alpha value is -6.48. The Balaban J connectivity index is 1.34. The minimum Gasteiger partial charge on any atom is -0.456 e. The molecule has 1 nitrogen and oxygen atoms in total. The van der Waals surface area contributed by atoms with Crippen molar-refractivity contribution in [3.63, 3.8) is 0 Å². The summed E-state index contributed by atoms with van der Waals surface area (Å²) in [6, 6.07) is 66.1. The summed E-state index contributed by atoms with van der Waals surface area (Å²) in [5, 5.41) is 10.9. The second kappa shape index (κ2) is 11.5. The van der Waals surface area contributed by atoms with Crippen molar-refractivity contribution in [1.29, 1.82) is 0 Å². The van der Waals surface area contributed by atoms with Gasteiger partial charge in [-0.3, -0.25) is 0 Å². The average Bonchev–Trinajstić information content (AvgIpc) is 3.80. The lowest BCUT2D eigenvalue weighted by atomic mass is 9.84. The second-order valence-electron chi connectivity index (χ2n) is 13.5. The van der Waals surface area contributed by atoms with Crippen LogP contribution in [0.15, 0.2) is 186 Å². The largest absolute Gasteiger partial charge is 0.456 e. The molecule has 0 aliphatic rings. The molecule has 52 heavy (non-hydrogen) atoms. The van der Waals surface area contributed by atoms with Crippen molar-refractivity contribution in [3.05, 3.63) is 182 Å². The van der Waals surface area contributed by atoms with Crippen molar-refractivity contribution in [1.82, 2.24) is 0 Å². The Kier molecular flexibility index (Phi) is 6.49. The van der Waals surface area contributed by atoms with Gasteiger partial charge >= 0.3 is 0 Å². The summed E-state index contributed by atoms with van der Waals surface area (Å²) in [4.78, 5) is 1.25. The maximum Gasteiger partial charge on any atom is 0.136 e. The van der Waals surface area contributed by atoms with E-state index in [1.54, 1.807) is 0 Å². The van der Waals surface area contributed by atoms with Crippen molar-refractivity contribution < 1.29 is 4.42 Å². The lowest BCUT2D eigenvalue weighted by Gasteiger charge is -2.19. The third kappa shape index (κ3) is 4.35. The van der Waals surface area contributed by atoms with E-state index in [0.29, 0.717) is 0 Å². The molecule has 0 unspecified atom stereocenters. The van der Waals surface area contributed by atoms with Gasteiger partial charge in [0.1, 0.15) is 11.2 Å². The normalized spacial score (nSPS) is 11.8. The smallest absolute Gasteiger partial charge is 0.136 e. The fourth-order valence-corrected chi connectivity index (χ4v) is 9.68. The summed E-state index contributed by atoms with van der Waals surface area (Å²) in [7, 11) is 0. The number of benzene rings is 9. The zero-order valence-corrected chi connectivity index (χ0v) is 29.0. The molecule has 2 aromatic heterocycles. The van der Waals surface area contributed by atoms with Crippen molar-refractivity contribution >= 4 is 75.7 Å². The molecule has 11 aromatic rings. The molecule has 0 N–H and O–H groups in total. The Labute approximate surface area is 304 Å². The number of furan rings is 1. The van der Waals surface area contributed by atoms with Crippen molar-refractivity contribution in [2.45, 2.75) is 0 Å². The molecule has 0 aliphatic heterocycles. The second-order valence-corrected chi connectivity index (χ2v) is 14.6. The van der Waals surface area contributed by atoms with E-state index in [9.17, 15) is 0 Å². The number of hydrogen-bond donors (Lipinski definition) is 0. The van der Waals surface area contributed by atoms with E-state index < -0.39 is 0 Å². The van der Waals surface area contributed by atoms with Crippen LogP contribution >= 0.6 is 11.3 Å². The topological polar surface area (TPSA) is 13.1 Å². The Morgan fingerprint density at radius 1 is 0.346 bits per heavy atom. The van der Waals surface area contributed by atoms with Crippen LogP contribution in [-0.4, -0.2) is 0 Å². The van der Waals surface area contributed by atoms with Gasteiger partial charge in [-0.2, -0.15) is 0 Å². The third-order valence-electron chi connectivity index (χ3n) is 10.6. The zero-order chi connectivity index (χ0) is 34.2.